The first-order valence-corrected chi connectivity index (χ1v) is 6.48. The lowest BCUT2D eigenvalue weighted by Crippen LogP contribution is -2.41. The number of aliphatic hydroxyl groups excluding tert-OH is 1. The van der Waals surface area contributed by atoms with Gasteiger partial charge in [-0.1, -0.05) is 6.07 Å². The van der Waals surface area contributed by atoms with E-state index in [4.69, 9.17) is 9.52 Å². The second kappa shape index (κ2) is 5.59. The van der Waals surface area contributed by atoms with Crippen LogP contribution in [0.3, 0.4) is 0 Å². The number of benzene rings is 1. The van der Waals surface area contributed by atoms with E-state index < -0.39 is 5.76 Å². The Morgan fingerprint density at radius 1 is 1.42 bits per heavy atom. The minimum atomic E-state index is -0.422. The van der Waals surface area contributed by atoms with E-state index in [0.717, 1.165) is 30.5 Å². The van der Waals surface area contributed by atoms with Gasteiger partial charge in [0, 0.05) is 12.1 Å². The van der Waals surface area contributed by atoms with Crippen LogP contribution in [0.2, 0.25) is 0 Å². The normalized spacial score (nSPS) is 12.2. The SMILES string of the molecule is CC(C)(CCO)NCCc1ccc2oc(=O)[nH]c2c1. The fraction of sp³-hybridized carbons (Fsp3) is 0.500. The predicted octanol–water partition coefficient (Wildman–Crippen LogP) is 1.41. The highest BCUT2D eigenvalue weighted by Crippen LogP contribution is 2.13. The fourth-order valence-corrected chi connectivity index (χ4v) is 2.07. The molecule has 0 saturated heterocycles. The molecule has 19 heavy (non-hydrogen) atoms. The van der Waals surface area contributed by atoms with Crippen molar-refractivity contribution < 1.29 is 9.52 Å². The zero-order chi connectivity index (χ0) is 13.9. The highest BCUT2D eigenvalue weighted by molar-refractivity contribution is 5.72. The second-order valence-electron chi connectivity index (χ2n) is 5.38. The van der Waals surface area contributed by atoms with Gasteiger partial charge < -0.3 is 14.8 Å². The van der Waals surface area contributed by atoms with Gasteiger partial charge in [0.15, 0.2) is 5.58 Å². The Morgan fingerprint density at radius 3 is 2.95 bits per heavy atom. The van der Waals surface area contributed by atoms with Crippen LogP contribution in [0.1, 0.15) is 25.8 Å². The molecule has 104 valence electrons. The van der Waals surface area contributed by atoms with Crippen LogP contribution in [-0.4, -0.2) is 28.8 Å². The van der Waals surface area contributed by atoms with Crippen LogP contribution in [0.5, 0.6) is 0 Å². The van der Waals surface area contributed by atoms with Crippen molar-refractivity contribution >= 4 is 11.1 Å². The van der Waals surface area contributed by atoms with Crippen LogP contribution in [-0.2, 0) is 6.42 Å². The van der Waals surface area contributed by atoms with Crippen molar-refractivity contribution in [3.8, 4) is 0 Å². The van der Waals surface area contributed by atoms with Crippen LogP contribution >= 0.6 is 0 Å². The number of hydrogen-bond acceptors (Lipinski definition) is 4. The second-order valence-corrected chi connectivity index (χ2v) is 5.38. The molecule has 5 nitrogen and oxygen atoms in total. The summed E-state index contributed by atoms with van der Waals surface area (Å²) in [4.78, 5) is 13.7. The third-order valence-electron chi connectivity index (χ3n) is 3.24. The average Bonchev–Trinajstić information content (AvgIpc) is 2.68. The molecule has 0 aliphatic carbocycles. The van der Waals surface area contributed by atoms with E-state index in [-0.39, 0.29) is 12.1 Å². The van der Waals surface area contributed by atoms with E-state index in [1.807, 2.05) is 12.1 Å². The standard InChI is InChI=1S/C14H20N2O3/c1-14(2,6-8-17)15-7-5-10-3-4-12-11(9-10)16-13(18)19-12/h3-4,9,15,17H,5-8H2,1-2H3,(H,16,18). The van der Waals surface area contributed by atoms with Crippen molar-refractivity contribution in [3.63, 3.8) is 0 Å². The first-order chi connectivity index (χ1) is 9.00. The van der Waals surface area contributed by atoms with Gasteiger partial charge in [-0.05, 0) is 50.9 Å². The molecule has 0 amide bonds. The molecule has 0 unspecified atom stereocenters. The van der Waals surface area contributed by atoms with Crippen LogP contribution in [0.4, 0.5) is 0 Å². The summed E-state index contributed by atoms with van der Waals surface area (Å²) >= 11 is 0. The van der Waals surface area contributed by atoms with Gasteiger partial charge in [0.05, 0.1) is 5.52 Å². The molecule has 2 rings (SSSR count). The van der Waals surface area contributed by atoms with Gasteiger partial charge in [-0.2, -0.15) is 0 Å². The van der Waals surface area contributed by atoms with Gasteiger partial charge in [-0.25, -0.2) is 4.79 Å². The van der Waals surface area contributed by atoms with E-state index in [9.17, 15) is 4.79 Å². The lowest BCUT2D eigenvalue weighted by atomic mass is 10.0. The number of aliphatic hydroxyl groups is 1. The molecular weight excluding hydrogens is 244 g/mol. The van der Waals surface area contributed by atoms with Crippen molar-refractivity contribution in [3.05, 3.63) is 34.3 Å². The molecule has 1 heterocycles. The summed E-state index contributed by atoms with van der Waals surface area (Å²) < 4.78 is 4.96. The summed E-state index contributed by atoms with van der Waals surface area (Å²) in [6.07, 6.45) is 1.58. The third-order valence-corrected chi connectivity index (χ3v) is 3.24. The highest BCUT2D eigenvalue weighted by Gasteiger charge is 2.15. The molecule has 0 bridgehead atoms. The maximum absolute atomic E-state index is 11.1. The number of nitrogens with one attached hydrogen (secondary N) is 2. The fourth-order valence-electron chi connectivity index (χ4n) is 2.07. The Hall–Kier alpha value is -1.59. The predicted molar refractivity (Wildman–Crippen MR) is 74.3 cm³/mol. The smallest absolute Gasteiger partial charge is 0.408 e. The quantitative estimate of drug-likeness (QED) is 0.737. The molecule has 0 atom stereocenters. The molecule has 0 radical (unpaired) electrons. The summed E-state index contributed by atoms with van der Waals surface area (Å²) in [5.74, 6) is -0.422. The van der Waals surface area contributed by atoms with E-state index >= 15 is 0 Å². The molecular formula is C14H20N2O3. The Balaban J connectivity index is 1.96. The third kappa shape index (κ3) is 3.68. The summed E-state index contributed by atoms with van der Waals surface area (Å²) in [6.45, 7) is 5.14. The summed E-state index contributed by atoms with van der Waals surface area (Å²) in [5, 5.41) is 12.4. The molecule has 1 aromatic heterocycles. The Morgan fingerprint density at radius 2 is 2.21 bits per heavy atom. The minimum absolute atomic E-state index is 0.0667. The number of hydrogen-bond donors (Lipinski definition) is 3. The maximum atomic E-state index is 11.1. The number of aromatic amines is 1. The van der Waals surface area contributed by atoms with Crippen molar-refractivity contribution in [1.29, 1.82) is 0 Å². The van der Waals surface area contributed by atoms with E-state index in [1.165, 1.54) is 0 Å². The van der Waals surface area contributed by atoms with E-state index in [0.29, 0.717) is 5.58 Å². The summed E-state index contributed by atoms with van der Waals surface area (Å²) in [7, 11) is 0. The molecule has 0 saturated carbocycles. The highest BCUT2D eigenvalue weighted by atomic mass is 16.4. The maximum Gasteiger partial charge on any atom is 0.417 e. The van der Waals surface area contributed by atoms with Gasteiger partial charge >= 0.3 is 5.76 Å². The van der Waals surface area contributed by atoms with Gasteiger partial charge in [0.25, 0.3) is 0 Å². The first kappa shape index (κ1) is 13.8. The van der Waals surface area contributed by atoms with E-state index in [2.05, 4.69) is 24.1 Å². The lowest BCUT2D eigenvalue weighted by molar-refractivity contribution is 0.231. The van der Waals surface area contributed by atoms with Crippen LogP contribution in [0.25, 0.3) is 11.1 Å². The molecule has 0 fully saturated rings. The molecule has 0 spiro atoms. The largest absolute Gasteiger partial charge is 0.417 e. The van der Waals surface area contributed by atoms with Gasteiger partial charge in [-0.3, -0.25) is 4.98 Å². The Bertz CT molecular complexity index is 598. The van der Waals surface area contributed by atoms with Crippen LogP contribution in [0, 0.1) is 0 Å². The Labute approximate surface area is 111 Å². The number of H-pyrrole nitrogens is 1. The van der Waals surface area contributed by atoms with Crippen LogP contribution in [0.15, 0.2) is 27.4 Å². The topological polar surface area (TPSA) is 78.3 Å². The monoisotopic (exact) mass is 264 g/mol. The minimum Gasteiger partial charge on any atom is -0.408 e. The number of oxazole rings is 1. The zero-order valence-electron chi connectivity index (χ0n) is 11.3. The molecule has 5 heteroatoms. The average molecular weight is 264 g/mol. The molecule has 0 aliphatic heterocycles. The molecule has 3 N–H and O–H groups in total. The Kier molecular flexibility index (Phi) is 4.07. The molecule has 1 aromatic carbocycles. The lowest BCUT2D eigenvalue weighted by Gasteiger charge is -2.25. The molecule has 0 aliphatic rings. The van der Waals surface area contributed by atoms with Gasteiger partial charge in [0.2, 0.25) is 0 Å². The van der Waals surface area contributed by atoms with Gasteiger partial charge in [-0.15, -0.1) is 0 Å². The van der Waals surface area contributed by atoms with Crippen molar-refractivity contribution in [2.75, 3.05) is 13.2 Å². The summed E-state index contributed by atoms with van der Waals surface area (Å²) in [5.41, 5.74) is 2.39. The van der Waals surface area contributed by atoms with Crippen molar-refractivity contribution in [1.82, 2.24) is 10.3 Å². The van der Waals surface area contributed by atoms with Crippen molar-refractivity contribution in [2.24, 2.45) is 0 Å². The summed E-state index contributed by atoms with van der Waals surface area (Å²) in [6, 6.07) is 5.70. The van der Waals surface area contributed by atoms with Crippen LogP contribution < -0.4 is 11.1 Å². The first-order valence-electron chi connectivity index (χ1n) is 6.48. The van der Waals surface area contributed by atoms with Gasteiger partial charge in [0.1, 0.15) is 0 Å². The number of rotatable bonds is 6. The van der Waals surface area contributed by atoms with E-state index in [1.54, 1.807) is 6.07 Å². The molecule has 2 aromatic rings. The van der Waals surface area contributed by atoms with Crippen molar-refractivity contribution in [2.45, 2.75) is 32.2 Å². The zero-order valence-corrected chi connectivity index (χ0v) is 11.3. The number of aromatic nitrogens is 1. The number of fused-ring (bicyclic) bond motifs is 1.